The minimum atomic E-state index is -0.465. The molecule has 1 fully saturated rings. The van der Waals surface area contributed by atoms with Crippen molar-refractivity contribution >= 4 is 57.8 Å². The van der Waals surface area contributed by atoms with Gasteiger partial charge in [-0.3, -0.25) is 9.59 Å². The fourth-order valence-corrected chi connectivity index (χ4v) is 3.63. The Morgan fingerprint density at radius 2 is 1.96 bits per heavy atom. The number of amides is 2. The molecule has 1 saturated heterocycles. The molecule has 0 N–H and O–H groups in total. The van der Waals surface area contributed by atoms with Crippen molar-refractivity contribution in [3.63, 3.8) is 0 Å². The van der Waals surface area contributed by atoms with Gasteiger partial charge in [0.1, 0.15) is 5.75 Å². The van der Waals surface area contributed by atoms with Crippen LogP contribution in [0.25, 0.3) is 6.08 Å². The number of thioether (sulfide) groups is 1. The number of thiocarbonyl (C=S) groups is 1. The van der Waals surface area contributed by atoms with E-state index in [-0.39, 0.29) is 4.32 Å². The summed E-state index contributed by atoms with van der Waals surface area (Å²) < 4.78 is 5.38. The topological polar surface area (TPSA) is 46.6 Å². The predicted octanol–water partition coefficient (Wildman–Crippen LogP) is 4.39. The molecule has 0 spiro atoms. The van der Waals surface area contributed by atoms with Gasteiger partial charge in [-0.15, -0.1) is 0 Å². The van der Waals surface area contributed by atoms with Crippen LogP contribution in [0.3, 0.4) is 0 Å². The summed E-state index contributed by atoms with van der Waals surface area (Å²) in [5.41, 5.74) is 1.14. The molecule has 0 atom stereocenters. The maximum absolute atomic E-state index is 12.6. The maximum atomic E-state index is 12.6. The van der Waals surface area contributed by atoms with E-state index < -0.39 is 11.8 Å². The van der Waals surface area contributed by atoms with Gasteiger partial charge in [-0.1, -0.05) is 47.7 Å². The molecule has 1 aliphatic heterocycles. The van der Waals surface area contributed by atoms with Gasteiger partial charge in [0.2, 0.25) is 0 Å². The van der Waals surface area contributed by atoms with Crippen molar-refractivity contribution in [2.24, 2.45) is 0 Å². The summed E-state index contributed by atoms with van der Waals surface area (Å²) in [5.74, 6) is -0.215. The van der Waals surface area contributed by atoms with Crippen LogP contribution in [0.2, 0.25) is 5.02 Å². The lowest BCUT2D eigenvalue weighted by atomic mass is 10.2. The Morgan fingerprint density at radius 3 is 2.64 bits per heavy atom. The lowest BCUT2D eigenvalue weighted by molar-refractivity contribution is -0.120. The van der Waals surface area contributed by atoms with Gasteiger partial charge in [0.05, 0.1) is 12.0 Å². The number of imide groups is 1. The quantitative estimate of drug-likeness (QED) is 0.442. The second-order valence-corrected chi connectivity index (χ2v) is 7.22. The molecule has 0 aliphatic carbocycles. The Kier molecular flexibility index (Phi) is 5.22. The third-order valence-corrected chi connectivity index (χ3v) is 5.03. The van der Waals surface area contributed by atoms with Crippen molar-refractivity contribution in [1.82, 2.24) is 4.90 Å². The normalized spacial score (nSPS) is 15.8. The molecular formula is C18H12ClNO3S2. The van der Waals surface area contributed by atoms with Crippen molar-refractivity contribution in [3.8, 4) is 5.75 Å². The molecule has 0 radical (unpaired) electrons. The van der Waals surface area contributed by atoms with Gasteiger partial charge in [-0.25, -0.2) is 4.90 Å². The Morgan fingerprint density at radius 1 is 1.24 bits per heavy atom. The van der Waals surface area contributed by atoms with Crippen molar-refractivity contribution < 1.29 is 14.3 Å². The van der Waals surface area contributed by atoms with Crippen LogP contribution < -0.4 is 4.74 Å². The number of hydrogen-bond acceptors (Lipinski definition) is 5. The van der Waals surface area contributed by atoms with E-state index in [0.29, 0.717) is 21.2 Å². The van der Waals surface area contributed by atoms with E-state index in [9.17, 15) is 9.59 Å². The van der Waals surface area contributed by atoms with Gasteiger partial charge in [-0.2, -0.15) is 0 Å². The highest BCUT2D eigenvalue weighted by atomic mass is 35.5. The van der Waals surface area contributed by atoms with Crippen LogP contribution in [0.4, 0.5) is 0 Å². The Balaban J connectivity index is 1.88. The third kappa shape index (κ3) is 3.76. The number of nitrogens with zero attached hydrogens (tertiary/aromatic N) is 1. The van der Waals surface area contributed by atoms with Gasteiger partial charge in [-0.05, 0) is 48.0 Å². The molecule has 1 aliphatic rings. The average molecular weight is 390 g/mol. The summed E-state index contributed by atoms with van der Waals surface area (Å²) in [6.07, 6.45) is 1.69. The van der Waals surface area contributed by atoms with E-state index in [2.05, 4.69) is 0 Å². The largest absolute Gasteiger partial charge is 0.497 e. The summed E-state index contributed by atoms with van der Waals surface area (Å²) in [5, 5.41) is 0.514. The van der Waals surface area contributed by atoms with Crippen molar-refractivity contribution in [2.75, 3.05) is 7.11 Å². The van der Waals surface area contributed by atoms with Gasteiger partial charge in [0.25, 0.3) is 11.8 Å². The van der Waals surface area contributed by atoms with Crippen LogP contribution in [0.15, 0.2) is 53.4 Å². The SMILES string of the molecule is COc1cccc(/C=C2/SC(=S)N(C(=O)c3ccc(Cl)cc3)C2=O)c1. The summed E-state index contributed by atoms with van der Waals surface area (Å²) in [4.78, 5) is 26.6. The zero-order valence-electron chi connectivity index (χ0n) is 13.1. The fraction of sp³-hybridized carbons (Fsp3) is 0.0556. The molecule has 25 heavy (non-hydrogen) atoms. The number of rotatable bonds is 3. The highest BCUT2D eigenvalue weighted by molar-refractivity contribution is 8.26. The van der Waals surface area contributed by atoms with Crippen LogP contribution in [0.5, 0.6) is 5.75 Å². The number of hydrogen-bond donors (Lipinski definition) is 0. The van der Waals surface area contributed by atoms with Gasteiger partial charge in [0.15, 0.2) is 4.32 Å². The highest BCUT2D eigenvalue weighted by Crippen LogP contribution is 2.34. The van der Waals surface area contributed by atoms with E-state index in [4.69, 9.17) is 28.6 Å². The van der Waals surface area contributed by atoms with Crippen molar-refractivity contribution in [3.05, 3.63) is 69.6 Å². The molecule has 0 bridgehead atoms. The van der Waals surface area contributed by atoms with Gasteiger partial charge < -0.3 is 4.74 Å². The molecule has 0 saturated carbocycles. The molecule has 2 aromatic carbocycles. The zero-order chi connectivity index (χ0) is 18.0. The van der Waals surface area contributed by atoms with Crippen LogP contribution in [-0.2, 0) is 4.79 Å². The third-order valence-electron chi connectivity index (χ3n) is 3.48. The molecular weight excluding hydrogens is 378 g/mol. The first-order valence-electron chi connectivity index (χ1n) is 7.21. The smallest absolute Gasteiger partial charge is 0.273 e. The number of ether oxygens (including phenoxy) is 1. The molecule has 3 rings (SSSR count). The predicted molar refractivity (Wildman–Crippen MR) is 104 cm³/mol. The molecule has 7 heteroatoms. The van der Waals surface area contributed by atoms with Gasteiger partial charge >= 0.3 is 0 Å². The number of carbonyl (C=O) groups is 2. The summed E-state index contributed by atoms with van der Waals surface area (Å²) >= 11 is 12.1. The molecule has 126 valence electrons. The Labute approximate surface area is 159 Å². The standard InChI is InChI=1S/C18H12ClNO3S2/c1-23-14-4-2-3-11(9-14)10-15-17(22)20(18(24)25-15)16(21)12-5-7-13(19)8-6-12/h2-10H,1H3/b15-10+. The fourth-order valence-electron chi connectivity index (χ4n) is 2.25. The van der Waals surface area contributed by atoms with Crippen LogP contribution in [-0.4, -0.2) is 28.1 Å². The Bertz CT molecular complexity index is 893. The number of benzene rings is 2. The lowest BCUT2D eigenvalue weighted by Crippen LogP contribution is -2.34. The monoisotopic (exact) mass is 389 g/mol. The first-order valence-corrected chi connectivity index (χ1v) is 8.82. The van der Waals surface area contributed by atoms with Crippen LogP contribution >= 0.6 is 35.6 Å². The average Bonchev–Trinajstić information content (AvgIpc) is 2.88. The second kappa shape index (κ2) is 7.39. The number of carbonyl (C=O) groups excluding carboxylic acids is 2. The summed E-state index contributed by atoms with van der Waals surface area (Å²) in [6.45, 7) is 0. The zero-order valence-corrected chi connectivity index (χ0v) is 15.5. The molecule has 2 aromatic rings. The van der Waals surface area contributed by atoms with Crippen LogP contribution in [0, 0.1) is 0 Å². The van der Waals surface area contributed by atoms with E-state index in [1.807, 2.05) is 18.2 Å². The van der Waals surface area contributed by atoms with Crippen molar-refractivity contribution in [2.45, 2.75) is 0 Å². The molecule has 1 heterocycles. The molecule has 4 nitrogen and oxygen atoms in total. The number of methoxy groups -OCH3 is 1. The van der Waals surface area contributed by atoms with E-state index in [0.717, 1.165) is 22.2 Å². The highest BCUT2D eigenvalue weighted by Gasteiger charge is 2.37. The lowest BCUT2D eigenvalue weighted by Gasteiger charge is -2.12. The molecule has 0 aromatic heterocycles. The van der Waals surface area contributed by atoms with E-state index in [1.54, 1.807) is 43.5 Å². The van der Waals surface area contributed by atoms with E-state index in [1.165, 1.54) is 0 Å². The van der Waals surface area contributed by atoms with Crippen LogP contribution in [0.1, 0.15) is 15.9 Å². The summed E-state index contributed by atoms with van der Waals surface area (Å²) in [7, 11) is 1.57. The van der Waals surface area contributed by atoms with E-state index >= 15 is 0 Å². The first-order chi connectivity index (χ1) is 12.0. The molecule has 2 amide bonds. The minimum Gasteiger partial charge on any atom is -0.497 e. The Hall–Kier alpha value is -2.15. The first kappa shape index (κ1) is 17.7. The molecule has 0 unspecified atom stereocenters. The minimum absolute atomic E-state index is 0.207. The second-order valence-electron chi connectivity index (χ2n) is 5.11. The number of halogens is 1. The summed E-state index contributed by atoms with van der Waals surface area (Å²) in [6, 6.07) is 13.6. The van der Waals surface area contributed by atoms with Crippen molar-refractivity contribution in [1.29, 1.82) is 0 Å². The maximum Gasteiger partial charge on any atom is 0.273 e. The van der Waals surface area contributed by atoms with Gasteiger partial charge in [0, 0.05) is 10.6 Å².